The van der Waals surface area contributed by atoms with Gasteiger partial charge >= 0.3 is 0 Å². The number of unbranched alkanes of at least 4 members (excludes halogenated alkanes) is 3. The molecule has 27 heavy (non-hydrogen) atoms. The first-order chi connectivity index (χ1) is 13.3. The number of hydrogen-bond acceptors (Lipinski definition) is 3. The van der Waals surface area contributed by atoms with Crippen LogP contribution >= 0.6 is 0 Å². The number of ether oxygens (including phenoxy) is 2. The maximum absolute atomic E-state index is 5.79. The molecule has 3 heteroatoms. The van der Waals surface area contributed by atoms with Gasteiger partial charge < -0.3 is 9.47 Å². The Kier molecular flexibility index (Phi) is 6.86. The topological polar surface area (TPSA) is 30.8 Å². The molecule has 0 aromatic heterocycles. The van der Waals surface area contributed by atoms with E-state index in [4.69, 9.17) is 9.47 Å². The molecule has 0 radical (unpaired) electrons. The minimum absolute atomic E-state index is 0.780. The van der Waals surface area contributed by atoms with E-state index in [1.807, 2.05) is 48.7 Å². The first-order valence-electron chi connectivity index (χ1n) is 9.64. The molecule has 0 saturated carbocycles. The number of benzene rings is 3. The molecular formula is C24H27NO2. The van der Waals surface area contributed by atoms with Crippen molar-refractivity contribution in [3.63, 3.8) is 0 Å². The second-order valence-electron chi connectivity index (χ2n) is 6.60. The highest BCUT2D eigenvalue weighted by Gasteiger charge is 2.01. The Bertz CT molecular complexity index is 885. The fraction of sp³-hybridized carbons (Fsp3) is 0.292. The van der Waals surface area contributed by atoms with Crippen molar-refractivity contribution in [1.82, 2.24) is 0 Å². The Morgan fingerprint density at radius 2 is 1.70 bits per heavy atom. The van der Waals surface area contributed by atoms with Crippen molar-refractivity contribution in [1.29, 1.82) is 0 Å². The lowest BCUT2D eigenvalue weighted by Crippen LogP contribution is -1.96. The van der Waals surface area contributed by atoms with Crippen LogP contribution in [0, 0.1) is 0 Å². The third-order valence-electron chi connectivity index (χ3n) is 4.58. The Morgan fingerprint density at radius 3 is 2.48 bits per heavy atom. The molecule has 0 spiro atoms. The highest BCUT2D eigenvalue weighted by molar-refractivity contribution is 6.00. The molecule has 0 fully saturated rings. The zero-order valence-electron chi connectivity index (χ0n) is 16.2. The zero-order valence-corrected chi connectivity index (χ0v) is 16.2. The normalized spacial score (nSPS) is 11.2. The predicted octanol–water partition coefficient (Wildman–Crippen LogP) is 6.56. The average molecular weight is 361 g/mol. The largest absolute Gasteiger partial charge is 0.497 e. The molecule has 3 aromatic rings. The average Bonchev–Trinajstić information content (AvgIpc) is 2.72. The van der Waals surface area contributed by atoms with Gasteiger partial charge in [0.25, 0.3) is 0 Å². The summed E-state index contributed by atoms with van der Waals surface area (Å²) in [7, 11) is 1.69. The molecule has 0 atom stereocenters. The molecule has 0 amide bonds. The summed E-state index contributed by atoms with van der Waals surface area (Å²) in [6.45, 7) is 3.00. The van der Waals surface area contributed by atoms with Gasteiger partial charge in [0, 0.05) is 11.8 Å². The van der Waals surface area contributed by atoms with Gasteiger partial charge in [0.2, 0.25) is 0 Å². The van der Waals surface area contributed by atoms with Crippen LogP contribution in [0.1, 0.15) is 38.2 Å². The van der Waals surface area contributed by atoms with Crippen molar-refractivity contribution in [2.45, 2.75) is 32.6 Å². The smallest absolute Gasteiger partial charge is 0.119 e. The highest BCUT2D eigenvalue weighted by Crippen LogP contribution is 2.24. The van der Waals surface area contributed by atoms with Crippen molar-refractivity contribution in [2.24, 2.45) is 4.99 Å². The van der Waals surface area contributed by atoms with E-state index in [0.717, 1.165) is 46.6 Å². The summed E-state index contributed by atoms with van der Waals surface area (Å²) >= 11 is 0. The number of hydrogen-bond donors (Lipinski definition) is 0. The third-order valence-corrected chi connectivity index (χ3v) is 4.58. The molecule has 3 nitrogen and oxygen atoms in total. The number of rotatable bonds is 9. The first kappa shape index (κ1) is 19.0. The van der Waals surface area contributed by atoms with Gasteiger partial charge in [-0.1, -0.05) is 50.5 Å². The quantitative estimate of drug-likeness (QED) is 0.319. The lowest BCUT2D eigenvalue weighted by Gasteiger charge is -2.06. The van der Waals surface area contributed by atoms with Crippen molar-refractivity contribution >= 4 is 22.7 Å². The molecular weight excluding hydrogens is 334 g/mol. The van der Waals surface area contributed by atoms with E-state index in [9.17, 15) is 0 Å². The molecule has 0 heterocycles. The summed E-state index contributed by atoms with van der Waals surface area (Å²) in [4.78, 5) is 4.62. The molecule has 0 aliphatic carbocycles. The van der Waals surface area contributed by atoms with E-state index in [-0.39, 0.29) is 0 Å². The number of nitrogens with zero attached hydrogens (tertiary/aromatic N) is 1. The van der Waals surface area contributed by atoms with Crippen LogP contribution in [0.3, 0.4) is 0 Å². The molecule has 3 aromatic carbocycles. The third kappa shape index (κ3) is 5.33. The van der Waals surface area contributed by atoms with Crippen LogP contribution in [0.15, 0.2) is 65.7 Å². The first-order valence-corrected chi connectivity index (χ1v) is 9.64. The fourth-order valence-corrected chi connectivity index (χ4v) is 3.02. The van der Waals surface area contributed by atoms with Gasteiger partial charge in [0.05, 0.1) is 19.4 Å². The second-order valence-corrected chi connectivity index (χ2v) is 6.60. The Hall–Kier alpha value is -2.81. The number of methoxy groups -OCH3 is 1. The minimum Gasteiger partial charge on any atom is -0.497 e. The Labute approximate surface area is 161 Å². The molecule has 0 aliphatic rings. The van der Waals surface area contributed by atoms with Gasteiger partial charge in [-0.25, -0.2) is 0 Å². The van der Waals surface area contributed by atoms with Crippen molar-refractivity contribution in [2.75, 3.05) is 13.7 Å². The summed E-state index contributed by atoms with van der Waals surface area (Å²) in [5, 5.41) is 2.30. The summed E-state index contributed by atoms with van der Waals surface area (Å²) in [5.41, 5.74) is 2.00. The van der Waals surface area contributed by atoms with Gasteiger partial charge in [-0.15, -0.1) is 0 Å². The molecule has 0 N–H and O–H groups in total. The van der Waals surface area contributed by atoms with E-state index >= 15 is 0 Å². The van der Waals surface area contributed by atoms with Crippen molar-refractivity contribution in [3.8, 4) is 11.5 Å². The number of fused-ring (bicyclic) bond motifs is 1. The molecule has 0 unspecified atom stereocenters. The van der Waals surface area contributed by atoms with E-state index in [0.29, 0.717) is 0 Å². The second kappa shape index (κ2) is 9.77. The monoisotopic (exact) mass is 361 g/mol. The highest BCUT2D eigenvalue weighted by atomic mass is 16.5. The Balaban J connectivity index is 1.65. The summed E-state index contributed by atoms with van der Waals surface area (Å²) in [6, 6.07) is 20.3. The fourth-order valence-electron chi connectivity index (χ4n) is 3.02. The molecule has 3 rings (SSSR count). The van der Waals surface area contributed by atoms with Gasteiger partial charge in [-0.3, -0.25) is 4.99 Å². The summed E-state index contributed by atoms with van der Waals surface area (Å²) in [5.74, 6) is 1.77. The van der Waals surface area contributed by atoms with Gasteiger partial charge in [0.15, 0.2) is 0 Å². The van der Waals surface area contributed by atoms with Crippen molar-refractivity contribution in [3.05, 3.63) is 66.2 Å². The van der Waals surface area contributed by atoms with Crippen molar-refractivity contribution < 1.29 is 9.47 Å². The van der Waals surface area contributed by atoms with E-state index < -0.39 is 0 Å². The van der Waals surface area contributed by atoms with Crippen LogP contribution in [-0.4, -0.2) is 19.9 Å². The van der Waals surface area contributed by atoms with E-state index in [2.05, 4.69) is 30.1 Å². The lowest BCUT2D eigenvalue weighted by molar-refractivity contribution is 0.305. The van der Waals surface area contributed by atoms with Crippen LogP contribution < -0.4 is 9.47 Å². The molecule has 140 valence electrons. The summed E-state index contributed by atoms with van der Waals surface area (Å²) < 4.78 is 11.1. The van der Waals surface area contributed by atoms with Crippen LogP contribution in [0.2, 0.25) is 0 Å². The predicted molar refractivity (Wildman–Crippen MR) is 114 cm³/mol. The van der Waals surface area contributed by atoms with Gasteiger partial charge in [-0.05, 0) is 53.6 Å². The van der Waals surface area contributed by atoms with E-state index in [1.54, 1.807) is 7.11 Å². The maximum Gasteiger partial charge on any atom is 0.119 e. The maximum atomic E-state index is 5.79. The SMILES string of the molecule is CCCCCCOc1ccc(N=Cc2cccc3cc(OC)ccc23)cc1. The van der Waals surface area contributed by atoms with Gasteiger partial charge in [0.1, 0.15) is 11.5 Å². The molecule has 0 saturated heterocycles. The van der Waals surface area contributed by atoms with Crippen LogP contribution in [-0.2, 0) is 0 Å². The lowest BCUT2D eigenvalue weighted by atomic mass is 10.1. The minimum atomic E-state index is 0.780. The Morgan fingerprint density at radius 1 is 0.889 bits per heavy atom. The van der Waals surface area contributed by atoms with Crippen LogP contribution in [0.4, 0.5) is 5.69 Å². The standard InChI is InChI=1S/C24H27NO2/c1-3-4-5-6-16-27-22-12-10-21(11-13-22)25-18-20-9-7-8-19-17-23(26-2)14-15-24(19)20/h7-15,17-18H,3-6,16H2,1-2H3. The zero-order chi connectivity index (χ0) is 18.9. The molecule has 0 aliphatic heterocycles. The molecule has 0 bridgehead atoms. The summed E-state index contributed by atoms with van der Waals surface area (Å²) in [6.07, 6.45) is 6.78. The van der Waals surface area contributed by atoms with Gasteiger partial charge in [-0.2, -0.15) is 0 Å². The van der Waals surface area contributed by atoms with E-state index in [1.165, 1.54) is 19.3 Å². The number of aliphatic imine (C=N–C) groups is 1. The van der Waals surface area contributed by atoms with Crippen LogP contribution in [0.5, 0.6) is 11.5 Å². The van der Waals surface area contributed by atoms with Crippen LogP contribution in [0.25, 0.3) is 10.8 Å².